The van der Waals surface area contributed by atoms with E-state index in [2.05, 4.69) is 46.8 Å². The Balaban J connectivity index is 0.000000199. The maximum Gasteiger partial charge on any atom is 0.416 e. The van der Waals surface area contributed by atoms with Gasteiger partial charge in [-0.2, -0.15) is 39.5 Å². The zero-order valence-corrected chi connectivity index (χ0v) is 50.4. The Morgan fingerprint density at radius 1 is 0.506 bits per heavy atom. The van der Waals surface area contributed by atoms with Gasteiger partial charge in [0.25, 0.3) is 0 Å². The van der Waals surface area contributed by atoms with E-state index in [9.17, 15) is 59.0 Å². The number of aromatic nitrogens is 3. The molecular formula is C59H50BBrF9N6O8S3. The van der Waals surface area contributed by atoms with Crippen molar-refractivity contribution in [3.8, 4) is 22.5 Å². The number of nitrogens with one attached hydrogen (secondary N) is 3. The average Bonchev–Trinajstić information content (AvgIpc) is 2.92. The molecule has 0 spiro atoms. The molecule has 0 saturated heterocycles. The number of anilines is 6. The van der Waals surface area contributed by atoms with Crippen LogP contribution in [-0.2, 0) is 32.7 Å². The number of hydrogen-bond acceptors (Lipinski definition) is 16. The molecule has 9 aromatic rings. The first-order valence-electron chi connectivity index (χ1n) is 25.1. The number of rotatable bonds is 15. The summed E-state index contributed by atoms with van der Waals surface area (Å²) in [7, 11) is 3.93. The molecule has 28 heteroatoms. The van der Waals surface area contributed by atoms with Crippen molar-refractivity contribution >= 4 is 115 Å². The summed E-state index contributed by atoms with van der Waals surface area (Å²) in [5.41, 5.74) is 7.36. The van der Waals surface area contributed by atoms with Crippen LogP contribution < -0.4 is 21.4 Å². The number of alkyl halides is 9. The number of benzene rings is 6. The van der Waals surface area contributed by atoms with Crippen LogP contribution in [0.15, 0.2) is 165 Å². The average molecular weight is 1330 g/mol. The minimum atomic E-state index is -4.42. The Hall–Kier alpha value is -8.15. The second kappa shape index (κ2) is 29.5. The summed E-state index contributed by atoms with van der Waals surface area (Å²) in [5, 5.41) is 34.0. The first-order chi connectivity index (χ1) is 40.9. The van der Waals surface area contributed by atoms with Crippen LogP contribution in [0.4, 0.5) is 73.6 Å². The molecule has 14 nitrogen and oxygen atoms in total. The lowest BCUT2D eigenvalue weighted by Crippen LogP contribution is -2.49. The van der Waals surface area contributed by atoms with Gasteiger partial charge in [0, 0.05) is 61.4 Å². The van der Waals surface area contributed by atoms with Crippen molar-refractivity contribution in [3.63, 3.8) is 0 Å². The van der Waals surface area contributed by atoms with Crippen LogP contribution in [0, 0.1) is 0 Å². The number of methoxy groups -OCH3 is 2. The van der Waals surface area contributed by atoms with Gasteiger partial charge in [0.05, 0.1) is 86.7 Å². The fraction of sp³-hybridized carbons (Fsp3) is 0.186. The third-order valence-electron chi connectivity index (χ3n) is 12.4. The predicted octanol–water partition coefficient (Wildman–Crippen LogP) is 16.6. The standard InChI is InChI=1S/C21H24BF3NO4.C18H13F3N2O2S.C17H11F3N2O2S.C3H2BrNS/c1-19(2,28)20(3,4)30-22-16-12-13(18(27)29-5)6-11-17(16)26-15-9-7-14(8-10-15)21(23,24)25;1-25-17(24)11-2-7-15(14(8-11)16-9-26-10-22-16)23-13-5-3-12(4-6-13)18(19,20)21;18-17(19,20)11-2-4-12(5-3-11)22-14-6-1-10(16(23)24)7-13(14)15-8-25-9-21-15;4-3-1-6-2-5-3/h6-12,26,28H,1-5H3;2-10,23H,1H3;1-9,22H,(H,23,24);1-2H. The number of carbonyl (C=O) groups is 3. The van der Waals surface area contributed by atoms with Crippen LogP contribution in [0.3, 0.4) is 0 Å². The van der Waals surface area contributed by atoms with Crippen LogP contribution in [0.2, 0.25) is 0 Å². The molecule has 1 radical (unpaired) electrons. The van der Waals surface area contributed by atoms with Gasteiger partial charge in [0.1, 0.15) is 4.60 Å². The highest BCUT2D eigenvalue weighted by atomic mass is 79.9. The summed E-state index contributed by atoms with van der Waals surface area (Å²) < 4.78 is 130. The molecule has 0 unspecified atom stereocenters. The number of carboxylic acid groups (broad SMARTS) is 1. The van der Waals surface area contributed by atoms with Crippen LogP contribution in [0.5, 0.6) is 0 Å². The monoisotopic (exact) mass is 1330 g/mol. The number of carboxylic acids is 1. The van der Waals surface area contributed by atoms with Crippen LogP contribution in [0.25, 0.3) is 22.5 Å². The smallest absolute Gasteiger partial charge is 0.416 e. The van der Waals surface area contributed by atoms with E-state index in [-0.39, 0.29) is 11.1 Å². The molecule has 0 saturated carbocycles. The molecule has 0 bridgehead atoms. The number of aliphatic hydroxyl groups is 1. The topological polar surface area (TPSA) is 194 Å². The van der Waals surface area contributed by atoms with Crippen molar-refractivity contribution in [2.45, 2.75) is 57.4 Å². The van der Waals surface area contributed by atoms with Crippen LogP contribution in [0.1, 0.15) is 75.5 Å². The predicted molar refractivity (Wildman–Crippen MR) is 322 cm³/mol. The number of aromatic carboxylic acids is 1. The molecule has 0 aliphatic rings. The highest BCUT2D eigenvalue weighted by Gasteiger charge is 2.36. The van der Waals surface area contributed by atoms with Crippen molar-refractivity contribution in [2.24, 2.45) is 0 Å². The first kappa shape index (κ1) is 68.0. The minimum absolute atomic E-state index is 0.0981. The molecule has 0 fully saturated rings. The number of ether oxygens (including phenoxy) is 2. The minimum Gasteiger partial charge on any atom is -0.478 e. The molecule has 455 valence electrons. The van der Waals surface area contributed by atoms with Gasteiger partial charge < -0.3 is 40.3 Å². The van der Waals surface area contributed by atoms with E-state index in [4.69, 9.17) is 19.2 Å². The Kier molecular flexibility index (Phi) is 23.0. The highest BCUT2D eigenvalue weighted by Crippen LogP contribution is 2.37. The van der Waals surface area contributed by atoms with E-state index < -0.39 is 64.3 Å². The van der Waals surface area contributed by atoms with E-state index in [1.807, 2.05) is 10.8 Å². The molecule has 6 aromatic carbocycles. The fourth-order valence-electron chi connectivity index (χ4n) is 7.07. The second-order valence-corrected chi connectivity index (χ2v) is 22.0. The fourth-order valence-corrected chi connectivity index (χ4v) is 9.14. The van der Waals surface area contributed by atoms with Crippen molar-refractivity contribution < 1.29 is 78.2 Å². The zero-order valence-electron chi connectivity index (χ0n) is 46.4. The lowest BCUT2D eigenvalue weighted by Gasteiger charge is -2.37. The van der Waals surface area contributed by atoms with Gasteiger partial charge in [-0.3, -0.25) is 0 Å². The summed E-state index contributed by atoms with van der Waals surface area (Å²) in [6.45, 7) is 6.62. The van der Waals surface area contributed by atoms with Crippen molar-refractivity contribution in [1.29, 1.82) is 0 Å². The molecule has 0 aliphatic heterocycles. The normalized spacial score (nSPS) is 11.5. The Morgan fingerprint density at radius 2 is 0.862 bits per heavy atom. The summed E-state index contributed by atoms with van der Waals surface area (Å²) in [5.74, 6) is -2.10. The molecule has 9 rings (SSSR count). The number of carbonyl (C=O) groups excluding carboxylic acids is 2. The lowest BCUT2D eigenvalue weighted by molar-refractivity contribution is -0.138. The van der Waals surface area contributed by atoms with Gasteiger partial charge in [-0.05, 0) is 176 Å². The van der Waals surface area contributed by atoms with Gasteiger partial charge >= 0.3 is 43.9 Å². The molecule has 3 heterocycles. The molecule has 0 atom stereocenters. The van der Waals surface area contributed by atoms with Crippen LogP contribution in [-0.4, -0.2) is 76.0 Å². The molecule has 3 aromatic heterocycles. The van der Waals surface area contributed by atoms with Crippen molar-refractivity contribution in [3.05, 3.63) is 198 Å². The lowest BCUT2D eigenvalue weighted by atomic mass is 9.81. The Morgan fingerprint density at radius 3 is 1.18 bits per heavy atom. The second-order valence-electron chi connectivity index (χ2n) is 19.1. The van der Waals surface area contributed by atoms with E-state index >= 15 is 0 Å². The summed E-state index contributed by atoms with van der Waals surface area (Å²) in [6, 6.07) is 27.9. The van der Waals surface area contributed by atoms with Gasteiger partial charge in [-0.25, -0.2) is 29.3 Å². The molecule has 0 aliphatic carbocycles. The Bertz CT molecular complexity index is 3700. The van der Waals surface area contributed by atoms with E-state index in [0.29, 0.717) is 67.7 Å². The van der Waals surface area contributed by atoms with E-state index in [0.717, 1.165) is 41.0 Å². The van der Waals surface area contributed by atoms with Gasteiger partial charge in [0.2, 0.25) is 0 Å². The van der Waals surface area contributed by atoms with E-state index in [1.54, 1.807) is 91.3 Å². The molecule has 87 heavy (non-hydrogen) atoms. The molecule has 5 N–H and O–H groups in total. The van der Waals surface area contributed by atoms with Gasteiger partial charge in [-0.15, -0.1) is 34.0 Å². The maximum atomic E-state index is 12.8. The number of hydrogen-bond donors (Lipinski definition) is 5. The van der Waals surface area contributed by atoms with Crippen molar-refractivity contribution in [2.75, 3.05) is 30.2 Å². The van der Waals surface area contributed by atoms with Gasteiger partial charge in [0.15, 0.2) is 0 Å². The SMILES string of the molecule is Brc1cscn1.COC(=O)c1ccc(Nc2ccc(C(F)(F)F)cc2)c(-c2cscn2)c1.COC(=O)c1ccc(Nc2ccc(C(F)(F)F)cc2)c([B]OC(C)(C)C(C)(C)O)c1.O=C(O)c1ccc(Nc2ccc(C(F)(F)F)cc2)c(-c2cscn2)c1. The number of esters is 2. The number of halogens is 10. The Labute approximate surface area is 513 Å². The number of thiazole rings is 3. The number of nitrogens with zero attached hydrogens (tertiary/aromatic N) is 3. The summed E-state index contributed by atoms with van der Waals surface area (Å²) >= 11 is 7.51. The first-order valence-corrected chi connectivity index (χ1v) is 28.7. The van der Waals surface area contributed by atoms with Gasteiger partial charge in [-0.1, -0.05) is 0 Å². The highest BCUT2D eigenvalue weighted by molar-refractivity contribution is 9.10. The summed E-state index contributed by atoms with van der Waals surface area (Å²) in [4.78, 5) is 47.1. The summed E-state index contributed by atoms with van der Waals surface area (Å²) in [6.07, 6.45) is -13.2. The van der Waals surface area contributed by atoms with Crippen LogP contribution >= 0.6 is 49.9 Å². The molecule has 0 amide bonds. The molecular weight excluding hydrogens is 1280 g/mol. The quantitative estimate of drug-likeness (QED) is 0.0370. The van der Waals surface area contributed by atoms with Crippen molar-refractivity contribution in [1.82, 2.24) is 15.0 Å². The van der Waals surface area contributed by atoms with E-state index in [1.165, 1.54) is 105 Å². The largest absolute Gasteiger partial charge is 0.478 e. The zero-order chi connectivity index (χ0) is 63.9. The maximum absolute atomic E-state index is 12.8. The third kappa shape index (κ3) is 19.7. The third-order valence-corrected chi connectivity index (χ3v) is 14.9.